The van der Waals surface area contributed by atoms with E-state index in [1.165, 1.54) is 4.90 Å². The van der Waals surface area contributed by atoms with Gasteiger partial charge in [0.1, 0.15) is 11.5 Å². The first kappa shape index (κ1) is 25.9. The quantitative estimate of drug-likeness (QED) is 0.325. The SMILES string of the molecule is CCOc1ccc(/C(O)=C2\C(=O)C(=O)N(CCCN3CCOCC3)C23C(=O)N(CC)c2ccccc23)cc1. The maximum atomic E-state index is 14.3. The van der Waals surface area contributed by atoms with Gasteiger partial charge in [0.15, 0.2) is 5.54 Å². The number of rotatable bonds is 8. The lowest BCUT2D eigenvalue weighted by atomic mass is 9.82. The van der Waals surface area contributed by atoms with Crippen LogP contribution in [-0.4, -0.2) is 85.0 Å². The number of aliphatic hydroxyl groups is 1. The van der Waals surface area contributed by atoms with Crippen LogP contribution >= 0.6 is 0 Å². The van der Waals surface area contributed by atoms with Crippen LogP contribution in [0.3, 0.4) is 0 Å². The molecule has 2 saturated heterocycles. The molecule has 0 radical (unpaired) electrons. The van der Waals surface area contributed by atoms with Crippen LogP contribution in [0.1, 0.15) is 31.4 Å². The van der Waals surface area contributed by atoms with Gasteiger partial charge in [-0.2, -0.15) is 0 Å². The van der Waals surface area contributed by atoms with Gasteiger partial charge in [-0.1, -0.05) is 18.2 Å². The fraction of sp³-hybridized carbons (Fsp3) is 0.414. The average Bonchev–Trinajstić information content (AvgIpc) is 3.32. The molecule has 5 rings (SSSR count). The van der Waals surface area contributed by atoms with E-state index in [0.717, 1.165) is 13.1 Å². The zero-order valence-corrected chi connectivity index (χ0v) is 21.8. The molecule has 1 N–H and O–H groups in total. The minimum absolute atomic E-state index is 0.188. The Labute approximate surface area is 222 Å². The van der Waals surface area contributed by atoms with Gasteiger partial charge in [0.25, 0.3) is 17.6 Å². The highest BCUT2D eigenvalue weighted by Crippen LogP contribution is 2.53. The van der Waals surface area contributed by atoms with E-state index in [4.69, 9.17) is 9.47 Å². The van der Waals surface area contributed by atoms with E-state index in [9.17, 15) is 19.5 Å². The van der Waals surface area contributed by atoms with Crippen LogP contribution < -0.4 is 9.64 Å². The minimum Gasteiger partial charge on any atom is -0.507 e. The normalized spacial score (nSPS) is 22.9. The molecule has 2 fully saturated rings. The first-order chi connectivity index (χ1) is 18.4. The zero-order valence-electron chi connectivity index (χ0n) is 21.8. The molecule has 0 saturated carbocycles. The first-order valence-corrected chi connectivity index (χ1v) is 13.2. The number of ether oxygens (including phenoxy) is 2. The fourth-order valence-corrected chi connectivity index (χ4v) is 5.78. The number of nitrogens with zero attached hydrogens (tertiary/aromatic N) is 3. The second-order valence-corrected chi connectivity index (χ2v) is 9.55. The number of aliphatic hydroxyl groups excluding tert-OH is 1. The van der Waals surface area contributed by atoms with E-state index in [1.807, 2.05) is 26.0 Å². The Bertz CT molecular complexity index is 1270. The van der Waals surface area contributed by atoms with Gasteiger partial charge in [-0.3, -0.25) is 19.3 Å². The number of benzene rings is 2. The number of para-hydroxylation sites is 1. The van der Waals surface area contributed by atoms with Crippen LogP contribution in [-0.2, 0) is 24.7 Å². The molecule has 0 bridgehead atoms. The van der Waals surface area contributed by atoms with Crippen LogP contribution in [0.5, 0.6) is 5.75 Å². The Balaban J connectivity index is 1.62. The lowest BCUT2D eigenvalue weighted by molar-refractivity contribution is -0.143. The van der Waals surface area contributed by atoms with Crippen LogP contribution in [0.4, 0.5) is 5.69 Å². The van der Waals surface area contributed by atoms with E-state index >= 15 is 0 Å². The fourth-order valence-electron chi connectivity index (χ4n) is 5.78. The number of likely N-dealkylation sites (N-methyl/N-ethyl adjacent to an activating group) is 1. The molecule has 0 aromatic heterocycles. The molecule has 3 heterocycles. The van der Waals surface area contributed by atoms with E-state index in [-0.39, 0.29) is 17.9 Å². The molecule has 2 amide bonds. The number of hydrogen-bond acceptors (Lipinski definition) is 7. The van der Waals surface area contributed by atoms with E-state index in [2.05, 4.69) is 4.90 Å². The lowest BCUT2D eigenvalue weighted by Crippen LogP contribution is -2.52. The number of hydrogen-bond donors (Lipinski definition) is 1. The number of anilines is 1. The van der Waals surface area contributed by atoms with Crippen molar-refractivity contribution in [2.45, 2.75) is 25.8 Å². The molecule has 3 aliphatic rings. The monoisotopic (exact) mass is 519 g/mol. The van der Waals surface area contributed by atoms with Crippen molar-refractivity contribution in [2.75, 3.05) is 57.4 Å². The summed E-state index contributed by atoms with van der Waals surface area (Å²) in [6.45, 7) is 8.38. The van der Waals surface area contributed by atoms with E-state index in [0.29, 0.717) is 61.9 Å². The summed E-state index contributed by atoms with van der Waals surface area (Å²) in [5.74, 6) is -1.80. The number of amides is 2. The molecule has 0 aliphatic carbocycles. The van der Waals surface area contributed by atoms with Gasteiger partial charge in [0, 0.05) is 43.9 Å². The third-order valence-electron chi connectivity index (χ3n) is 7.52. The molecule has 1 spiro atoms. The molecule has 9 heteroatoms. The van der Waals surface area contributed by atoms with Gasteiger partial charge in [0.2, 0.25) is 0 Å². The number of morpholine rings is 1. The topological polar surface area (TPSA) is 99.6 Å². The summed E-state index contributed by atoms with van der Waals surface area (Å²) in [4.78, 5) is 46.7. The molecule has 9 nitrogen and oxygen atoms in total. The number of fused-ring (bicyclic) bond motifs is 2. The summed E-state index contributed by atoms with van der Waals surface area (Å²) < 4.78 is 10.9. The van der Waals surface area contributed by atoms with Crippen molar-refractivity contribution in [3.05, 3.63) is 65.2 Å². The highest BCUT2D eigenvalue weighted by molar-refractivity contribution is 6.50. The number of carbonyl (C=O) groups excluding carboxylic acids is 3. The molecule has 3 aliphatic heterocycles. The lowest BCUT2D eigenvalue weighted by Gasteiger charge is -2.35. The molecule has 2 aromatic rings. The van der Waals surface area contributed by atoms with Crippen molar-refractivity contribution in [1.29, 1.82) is 0 Å². The molecular formula is C29H33N3O6. The minimum atomic E-state index is -1.73. The average molecular weight is 520 g/mol. The van der Waals surface area contributed by atoms with E-state index in [1.54, 1.807) is 41.3 Å². The number of Topliss-reactive ketones (excluding diaryl/α,β-unsaturated/α-hetero) is 1. The highest BCUT2D eigenvalue weighted by Gasteiger charge is 2.66. The highest BCUT2D eigenvalue weighted by atomic mass is 16.5. The van der Waals surface area contributed by atoms with Crippen molar-refractivity contribution in [3.8, 4) is 5.75 Å². The Morgan fingerprint density at radius 3 is 2.39 bits per heavy atom. The van der Waals surface area contributed by atoms with Crippen molar-refractivity contribution >= 4 is 29.0 Å². The predicted molar refractivity (Wildman–Crippen MR) is 142 cm³/mol. The standard InChI is InChI=1S/C29H33N3O6/c1-3-31-23-9-6-5-8-22(23)29(28(31)36)24(25(33)20-10-12-21(13-11-20)38-4-2)26(34)27(35)32(29)15-7-14-30-16-18-37-19-17-30/h5-6,8-13,33H,3-4,7,14-19H2,1-2H3/b25-24-. The van der Waals surface area contributed by atoms with Gasteiger partial charge < -0.3 is 24.4 Å². The smallest absolute Gasteiger partial charge is 0.296 e. The molecule has 38 heavy (non-hydrogen) atoms. The Hall–Kier alpha value is -3.69. The summed E-state index contributed by atoms with van der Waals surface area (Å²) in [6, 6.07) is 13.8. The molecule has 1 unspecified atom stereocenters. The van der Waals surface area contributed by atoms with E-state index < -0.39 is 23.1 Å². The second kappa shape index (κ2) is 10.6. The van der Waals surface area contributed by atoms with Crippen molar-refractivity contribution in [3.63, 3.8) is 0 Å². The maximum Gasteiger partial charge on any atom is 0.296 e. The number of likely N-dealkylation sites (tertiary alicyclic amines) is 1. The summed E-state index contributed by atoms with van der Waals surface area (Å²) in [6.07, 6.45) is 0.569. The number of ketones is 1. The van der Waals surface area contributed by atoms with Gasteiger partial charge in [-0.05, 0) is 50.6 Å². The second-order valence-electron chi connectivity index (χ2n) is 9.55. The van der Waals surface area contributed by atoms with Crippen LogP contribution in [0.2, 0.25) is 0 Å². The van der Waals surface area contributed by atoms with Gasteiger partial charge in [-0.25, -0.2) is 0 Å². The summed E-state index contributed by atoms with van der Waals surface area (Å²) in [5.41, 5.74) is -0.414. The summed E-state index contributed by atoms with van der Waals surface area (Å²) >= 11 is 0. The van der Waals surface area contributed by atoms with Crippen LogP contribution in [0.25, 0.3) is 5.76 Å². The molecule has 2 aromatic carbocycles. The van der Waals surface area contributed by atoms with Crippen molar-refractivity contribution < 1.29 is 29.0 Å². The maximum absolute atomic E-state index is 14.3. The van der Waals surface area contributed by atoms with Crippen molar-refractivity contribution in [2.24, 2.45) is 0 Å². The summed E-state index contributed by atoms with van der Waals surface area (Å²) in [5, 5.41) is 11.6. The zero-order chi connectivity index (χ0) is 26.9. The molecular weight excluding hydrogens is 486 g/mol. The Kier molecular flexibility index (Phi) is 7.23. The summed E-state index contributed by atoms with van der Waals surface area (Å²) in [7, 11) is 0. The largest absolute Gasteiger partial charge is 0.507 e. The first-order valence-electron chi connectivity index (χ1n) is 13.2. The Morgan fingerprint density at radius 1 is 1.00 bits per heavy atom. The molecule has 200 valence electrons. The predicted octanol–water partition coefficient (Wildman–Crippen LogP) is 2.75. The van der Waals surface area contributed by atoms with Gasteiger partial charge in [-0.15, -0.1) is 0 Å². The van der Waals surface area contributed by atoms with Crippen LogP contribution in [0, 0.1) is 0 Å². The van der Waals surface area contributed by atoms with Crippen molar-refractivity contribution in [1.82, 2.24) is 9.80 Å². The third kappa shape index (κ3) is 4.06. The van der Waals surface area contributed by atoms with Crippen LogP contribution in [0.15, 0.2) is 54.1 Å². The third-order valence-corrected chi connectivity index (χ3v) is 7.52. The van der Waals surface area contributed by atoms with Gasteiger partial charge >= 0.3 is 0 Å². The molecule has 1 atom stereocenters. The Morgan fingerprint density at radius 2 is 1.71 bits per heavy atom. The van der Waals surface area contributed by atoms with Gasteiger partial charge in [0.05, 0.1) is 31.1 Å². The number of carbonyl (C=O) groups is 3.